The van der Waals surface area contributed by atoms with Gasteiger partial charge in [0.25, 0.3) is 0 Å². The summed E-state index contributed by atoms with van der Waals surface area (Å²) < 4.78 is 1.85. The minimum absolute atomic E-state index is 0.705. The normalized spacial score (nSPS) is 10.9. The smallest absolute Gasteiger partial charge is 0.154 e. The van der Waals surface area contributed by atoms with Gasteiger partial charge in [-0.25, -0.2) is 9.50 Å². The molecular formula is C15H15ClN4. The molecule has 2 aromatic heterocycles. The molecule has 0 saturated heterocycles. The number of anilines is 1. The molecule has 0 aliphatic carbocycles. The van der Waals surface area contributed by atoms with Gasteiger partial charge in [-0.15, -0.1) is 0 Å². The summed E-state index contributed by atoms with van der Waals surface area (Å²) in [6.45, 7) is 2.68. The Morgan fingerprint density at radius 1 is 1.30 bits per heavy atom. The van der Waals surface area contributed by atoms with Crippen LogP contribution in [0.5, 0.6) is 0 Å². The number of halogens is 1. The first-order valence-electron chi connectivity index (χ1n) is 6.40. The lowest BCUT2D eigenvalue weighted by Gasteiger charge is -2.19. The van der Waals surface area contributed by atoms with E-state index in [1.54, 1.807) is 6.20 Å². The van der Waals surface area contributed by atoms with E-state index in [2.05, 4.69) is 15.0 Å². The molecule has 0 amide bonds. The fourth-order valence-corrected chi connectivity index (χ4v) is 2.48. The summed E-state index contributed by atoms with van der Waals surface area (Å²) in [5.74, 6) is 0.896. The van der Waals surface area contributed by atoms with E-state index in [-0.39, 0.29) is 0 Å². The maximum atomic E-state index is 6.21. The number of nitrogens with zero attached hydrogens (tertiary/aromatic N) is 4. The third kappa shape index (κ3) is 2.34. The highest BCUT2D eigenvalue weighted by Gasteiger charge is 2.11. The highest BCUT2D eigenvalue weighted by atomic mass is 35.5. The van der Waals surface area contributed by atoms with E-state index in [0.717, 1.165) is 27.6 Å². The molecule has 3 rings (SSSR count). The van der Waals surface area contributed by atoms with Gasteiger partial charge in [0.2, 0.25) is 0 Å². The molecule has 1 aromatic carbocycles. The maximum absolute atomic E-state index is 6.21. The molecular weight excluding hydrogens is 272 g/mol. The van der Waals surface area contributed by atoms with E-state index in [9.17, 15) is 0 Å². The molecule has 20 heavy (non-hydrogen) atoms. The van der Waals surface area contributed by atoms with Gasteiger partial charge in [0.1, 0.15) is 5.52 Å². The van der Waals surface area contributed by atoms with Crippen molar-refractivity contribution in [3.63, 3.8) is 0 Å². The number of aryl methyl sites for hydroxylation is 1. The van der Waals surface area contributed by atoms with Gasteiger partial charge in [-0.1, -0.05) is 29.8 Å². The average Bonchev–Trinajstić information content (AvgIpc) is 2.81. The SMILES string of the molecule is Cc1cc2c(N(C)Cc3ccccc3Cl)nccn2n1. The van der Waals surface area contributed by atoms with Crippen LogP contribution in [-0.4, -0.2) is 21.6 Å². The van der Waals surface area contributed by atoms with Crippen LogP contribution in [0.3, 0.4) is 0 Å². The Bertz CT molecular complexity index is 750. The Hall–Kier alpha value is -2.07. The first-order valence-corrected chi connectivity index (χ1v) is 6.78. The fourth-order valence-electron chi connectivity index (χ4n) is 2.28. The lowest BCUT2D eigenvalue weighted by molar-refractivity contribution is 0.872. The van der Waals surface area contributed by atoms with Gasteiger partial charge < -0.3 is 4.90 Å². The number of fused-ring (bicyclic) bond motifs is 1. The van der Waals surface area contributed by atoms with Gasteiger partial charge >= 0.3 is 0 Å². The molecule has 0 saturated carbocycles. The van der Waals surface area contributed by atoms with Crippen LogP contribution in [0.2, 0.25) is 5.02 Å². The topological polar surface area (TPSA) is 33.4 Å². The van der Waals surface area contributed by atoms with E-state index in [1.807, 2.05) is 55.0 Å². The highest BCUT2D eigenvalue weighted by molar-refractivity contribution is 6.31. The molecule has 0 N–H and O–H groups in total. The summed E-state index contributed by atoms with van der Waals surface area (Å²) in [4.78, 5) is 6.55. The zero-order valence-corrected chi connectivity index (χ0v) is 12.2. The van der Waals surface area contributed by atoms with Crippen LogP contribution in [0.4, 0.5) is 5.82 Å². The molecule has 2 heterocycles. The molecule has 0 aliphatic heterocycles. The van der Waals surface area contributed by atoms with Gasteiger partial charge in [0, 0.05) is 31.0 Å². The second kappa shape index (κ2) is 5.13. The van der Waals surface area contributed by atoms with Gasteiger partial charge in [0.05, 0.1) is 5.69 Å². The molecule has 3 aromatic rings. The van der Waals surface area contributed by atoms with Crippen molar-refractivity contribution in [1.82, 2.24) is 14.6 Å². The zero-order valence-electron chi connectivity index (χ0n) is 11.4. The van der Waals surface area contributed by atoms with Crippen molar-refractivity contribution in [1.29, 1.82) is 0 Å². The van der Waals surface area contributed by atoms with Gasteiger partial charge in [0.15, 0.2) is 5.82 Å². The van der Waals surface area contributed by atoms with Gasteiger partial charge in [-0.2, -0.15) is 5.10 Å². The third-order valence-electron chi connectivity index (χ3n) is 3.22. The fraction of sp³-hybridized carbons (Fsp3) is 0.200. The zero-order chi connectivity index (χ0) is 14.1. The Morgan fingerprint density at radius 3 is 2.90 bits per heavy atom. The van der Waals surface area contributed by atoms with E-state index < -0.39 is 0 Å². The molecule has 5 heteroatoms. The van der Waals surface area contributed by atoms with Crippen molar-refractivity contribution in [2.24, 2.45) is 0 Å². The van der Waals surface area contributed by atoms with Crippen LogP contribution < -0.4 is 4.90 Å². The number of rotatable bonds is 3. The lowest BCUT2D eigenvalue weighted by Crippen LogP contribution is -2.18. The molecule has 0 bridgehead atoms. The van der Waals surface area contributed by atoms with Gasteiger partial charge in [-0.3, -0.25) is 0 Å². The van der Waals surface area contributed by atoms with Crippen molar-refractivity contribution in [3.05, 3.63) is 59.0 Å². The number of aromatic nitrogens is 3. The summed E-state index contributed by atoms with van der Waals surface area (Å²) in [7, 11) is 2.01. The Balaban J connectivity index is 1.97. The van der Waals surface area contributed by atoms with Crippen molar-refractivity contribution >= 4 is 22.9 Å². The van der Waals surface area contributed by atoms with Crippen LogP contribution in [-0.2, 0) is 6.54 Å². The van der Waals surface area contributed by atoms with Crippen molar-refractivity contribution in [2.45, 2.75) is 13.5 Å². The minimum Gasteiger partial charge on any atom is -0.354 e. The molecule has 102 valence electrons. The van der Waals surface area contributed by atoms with E-state index in [1.165, 1.54) is 0 Å². The summed E-state index contributed by atoms with van der Waals surface area (Å²) in [6.07, 6.45) is 3.62. The number of hydrogen-bond acceptors (Lipinski definition) is 3. The average molecular weight is 287 g/mol. The first-order chi connectivity index (χ1) is 9.65. The van der Waals surface area contributed by atoms with Crippen LogP contribution in [0.1, 0.15) is 11.3 Å². The third-order valence-corrected chi connectivity index (χ3v) is 3.59. The Morgan fingerprint density at radius 2 is 2.10 bits per heavy atom. The van der Waals surface area contributed by atoms with Crippen molar-refractivity contribution in [3.8, 4) is 0 Å². The van der Waals surface area contributed by atoms with Gasteiger partial charge in [-0.05, 0) is 24.6 Å². The van der Waals surface area contributed by atoms with Crippen molar-refractivity contribution in [2.75, 3.05) is 11.9 Å². The molecule has 0 spiro atoms. The molecule has 0 fully saturated rings. The summed E-state index contributed by atoms with van der Waals surface area (Å²) in [5, 5.41) is 5.18. The molecule has 0 atom stereocenters. The van der Waals surface area contributed by atoms with E-state index >= 15 is 0 Å². The van der Waals surface area contributed by atoms with E-state index in [4.69, 9.17) is 11.6 Å². The number of hydrogen-bond donors (Lipinski definition) is 0. The predicted molar refractivity (Wildman–Crippen MR) is 81.3 cm³/mol. The maximum Gasteiger partial charge on any atom is 0.154 e. The van der Waals surface area contributed by atoms with E-state index in [0.29, 0.717) is 6.54 Å². The summed E-state index contributed by atoms with van der Waals surface area (Å²) >= 11 is 6.21. The van der Waals surface area contributed by atoms with Crippen molar-refractivity contribution < 1.29 is 0 Å². The lowest BCUT2D eigenvalue weighted by atomic mass is 10.2. The molecule has 0 aliphatic rings. The minimum atomic E-state index is 0.705. The summed E-state index contributed by atoms with van der Waals surface area (Å²) in [5.41, 5.74) is 3.06. The first kappa shape index (κ1) is 12.9. The standard InChI is InChI=1S/C15H15ClN4/c1-11-9-14-15(17-7-8-20(14)18-11)19(2)10-12-5-3-4-6-13(12)16/h3-9H,10H2,1-2H3. The van der Waals surface area contributed by atoms with Crippen LogP contribution >= 0.6 is 11.6 Å². The molecule has 0 radical (unpaired) electrons. The van der Waals surface area contributed by atoms with Crippen LogP contribution in [0, 0.1) is 6.92 Å². The van der Waals surface area contributed by atoms with Crippen LogP contribution in [0.25, 0.3) is 5.52 Å². The predicted octanol–water partition coefficient (Wildman–Crippen LogP) is 3.33. The largest absolute Gasteiger partial charge is 0.354 e. The Labute approximate surface area is 122 Å². The highest BCUT2D eigenvalue weighted by Crippen LogP contribution is 2.22. The Kier molecular flexibility index (Phi) is 3.32. The number of benzene rings is 1. The second-order valence-electron chi connectivity index (χ2n) is 4.81. The van der Waals surface area contributed by atoms with Crippen LogP contribution in [0.15, 0.2) is 42.7 Å². The molecule has 0 unspecified atom stereocenters. The monoisotopic (exact) mass is 286 g/mol. The molecule has 4 nitrogen and oxygen atoms in total. The quantitative estimate of drug-likeness (QED) is 0.740. The second-order valence-corrected chi connectivity index (χ2v) is 5.22. The summed E-state index contributed by atoms with van der Waals surface area (Å²) in [6, 6.07) is 9.89.